The fourth-order valence-electron chi connectivity index (χ4n) is 2.60. The summed E-state index contributed by atoms with van der Waals surface area (Å²) in [5.41, 5.74) is 0. The molecule has 1 aliphatic carbocycles. The van der Waals surface area contributed by atoms with Gasteiger partial charge in [0.15, 0.2) is 0 Å². The van der Waals surface area contributed by atoms with E-state index in [0.717, 1.165) is 12.5 Å². The second-order valence-corrected chi connectivity index (χ2v) is 6.12. The summed E-state index contributed by atoms with van der Waals surface area (Å²) < 4.78 is 0. The summed E-state index contributed by atoms with van der Waals surface area (Å²) in [5.74, 6) is 2.10. The molecule has 1 aliphatic rings. The zero-order chi connectivity index (χ0) is 11.9. The van der Waals surface area contributed by atoms with Crippen molar-refractivity contribution in [3.05, 3.63) is 30.3 Å². The Morgan fingerprint density at radius 2 is 1.94 bits per heavy atom. The molecule has 1 N–H and O–H groups in total. The Hall–Kier alpha value is -0.470. The van der Waals surface area contributed by atoms with Crippen LogP contribution in [0.25, 0.3) is 0 Å². The number of rotatable bonds is 6. The van der Waals surface area contributed by atoms with Crippen LogP contribution < -0.4 is 5.32 Å². The van der Waals surface area contributed by atoms with Crippen LogP contribution in [0.1, 0.15) is 32.6 Å². The van der Waals surface area contributed by atoms with Gasteiger partial charge >= 0.3 is 0 Å². The van der Waals surface area contributed by atoms with Gasteiger partial charge in [-0.2, -0.15) is 0 Å². The maximum atomic E-state index is 3.67. The summed E-state index contributed by atoms with van der Waals surface area (Å²) in [7, 11) is 0. The highest BCUT2D eigenvalue weighted by molar-refractivity contribution is 7.99. The molecule has 1 unspecified atom stereocenters. The summed E-state index contributed by atoms with van der Waals surface area (Å²) in [6, 6.07) is 11.4. The van der Waals surface area contributed by atoms with Gasteiger partial charge in [0.1, 0.15) is 0 Å². The number of hydrogen-bond acceptors (Lipinski definition) is 2. The molecule has 1 aromatic carbocycles. The van der Waals surface area contributed by atoms with Crippen LogP contribution in [-0.4, -0.2) is 18.3 Å². The molecular weight excluding hydrogens is 226 g/mol. The SMILES string of the molecule is CC(NCCSc1ccccc1)C1CCCC1. The molecule has 1 aromatic rings. The Balaban J connectivity index is 1.59. The first-order valence-electron chi connectivity index (χ1n) is 6.77. The minimum Gasteiger partial charge on any atom is -0.313 e. The fourth-order valence-corrected chi connectivity index (χ4v) is 3.40. The second-order valence-electron chi connectivity index (χ2n) is 4.95. The predicted molar refractivity (Wildman–Crippen MR) is 76.6 cm³/mol. The van der Waals surface area contributed by atoms with Gasteiger partial charge in [-0.1, -0.05) is 31.0 Å². The molecule has 1 nitrogen and oxygen atoms in total. The number of thioether (sulfide) groups is 1. The smallest absolute Gasteiger partial charge is 0.0106 e. The summed E-state index contributed by atoms with van der Waals surface area (Å²) in [5, 5.41) is 3.67. The molecule has 0 heterocycles. The predicted octanol–water partition coefficient (Wildman–Crippen LogP) is 3.95. The molecule has 0 aromatic heterocycles. The minimum atomic E-state index is 0.703. The molecule has 0 aliphatic heterocycles. The van der Waals surface area contributed by atoms with Crippen molar-refractivity contribution in [2.24, 2.45) is 5.92 Å². The van der Waals surface area contributed by atoms with Crippen molar-refractivity contribution in [3.8, 4) is 0 Å². The molecule has 0 amide bonds. The molecule has 17 heavy (non-hydrogen) atoms. The van der Waals surface area contributed by atoms with Crippen LogP contribution in [0.15, 0.2) is 35.2 Å². The molecule has 1 saturated carbocycles. The maximum Gasteiger partial charge on any atom is 0.0106 e. The van der Waals surface area contributed by atoms with Crippen molar-refractivity contribution in [2.75, 3.05) is 12.3 Å². The number of nitrogens with one attached hydrogen (secondary N) is 1. The van der Waals surface area contributed by atoms with E-state index >= 15 is 0 Å². The molecule has 0 bridgehead atoms. The first-order valence-corrected chi connectivity index (χ1v) is 7.76. The van der Waals surface area contributed by atoms with Gasteiger partial charge < -0.3 is 5.32 Å². The third-order valence-electron chi connectivity index (χ3n) is 3.69. The van der Waals surface area contributed by atoms with Gasteiger partial charge in [0.05, 0.1) is 0 Å². The Morgan fingerprint density at radius 3 is 2.65 bits per heavy atom. The maximum absolute atomic E-state index is 3.67. The van der Waals surface area contributed by atoms with Crippen molar-refractivity contribution < 1.29 is 0 Å². The van der Waals surface area contributed by atoms with Gasteiger partial charge in [0.25, 0.3) is 0 Å². The van der Waals surface area contributed by atoms with Crippen molar-refractivity contribution in [3.63, 3.8) is 0 Å². The molecule has 94 valence electrons. The molecule has 0 spiro atoms. The van der Waals surface area contributed by atoms with Crippen LogP contribution in [0.4, 0.5) is 0 Å². The van der Waals surface area contributed by atoms with E-state index in [9.17, 15) is 0 Å². The van der Waals surface area contributed by atoms with E-state index in [-0.39, 0.29) is 0 Å². The van der Waals surface area contributed by atoms with E-state index in [1.807, 2.05) is 11.8 Å². The third kappa shape index (κ3) is 4.36. The van der Waals surface area contributed by atoms with E-state index in [0.29, 0.717) is 6.04 Å². The highest BCUT2D eigenvalue weighted by Crippen LogP contribution is 2.27. The summed E-state index contributed by atoms with van der Waals surface area (Å²) >= 11 is 1.94. The lowest BCUT2D eigenvalue weighted by Crippen LogP contribution is -2.33. The van der Waals surface area contributed by atoms with Crippen molar-refractivity contribution in [2.45, 2.75) is 43.5 Å². The van der Waals surface area contributed by atoms with Crippen LogP contribution in [0, 0.1) is 5.92 Å². The van der Waals surface area contributed by atoms with Gasteiger partial charge in [-0.05, 0) is 37.8 Å². The fraction of sp³-hybridized carbons (Fsp3) is 0.600. The van der Waals surface area contributed by atoms with Crippen molar-refractivity contribution in [1.29, 1.82) is 0 Å². The second kappa shape index (κ2) is 7.07. The summed E-state index contributed by atoms with van der Waals surface area (Å²) in [4.78, 5) is 1.38. The molecule has 0 radical (unpaired) electrons. The zero-order valence-corrected chi connectivity index (χ0v) is 11.5. The summed E-state index contributed by atoms with van der Waals surface area (Å²) in [6.45, 7) is 3.47. The zero-order valence-electron chi connectivity index (χ0n) is 10.7. The van der Waals surface area contributed by atoms with Crippen molar-refractivity contribution in [1.82, 2.24) is 5.32 Å². The number of benzene rings is 1. The minimum absolute atomic E-state index is 0.703. The van der Waals surface area contributed by atoms with E-state index in [4.69, 9.17) is 0 Å². The van der Waals surface area contributed by atoms with Crippen LogP contribution >= 0.6 is 11.8 Å². The van der Waals surface area contributed by atoms with Crippen LogP contribution in [0.5, 0.6) is 0 Å². The number of hydrogen-bond donors (Lipinski definition) is 1. The Bertz CT molecular complexity index is 306. The lowest BCUT2D eigenvalue weighted by molar-refractivity contribution is 0.390. The lowest BCUT2D eigenvalue weighted by atomic mass is 10.00. The molecule has 2 heteroatoms. The van der Waals surface area contributed by atoms with Crippen LogP contribution in [0.3, 0.4) is 0 Å². The third-order valence-corrected chi connectivity index (χ3v) is 4.70. The quantitative estimate of drug-likeness (QED) is 0.605. The highest BCUT2D eigenvalue weighted by atomic mass is 32.2. The van der Waals surface area contributed by atoms with Crippen LogP contribution in [-0.2, 0) is 0 Å². The first kappa shape index (κ1) is 13.0. The normalized spacial score (nSPS) is 18.4. The molecule has 2 rings (SSSR count). The van der Waals surface area contributed by atoms with Gasteiger partial charge in [0, 0.05) is 23.2 Å². The molecular formula is C15H23NS. The standard InChI is InChI=1S/C15H23NS/c1-13(14-7-5-6-8-14)16-11-12-17-15-9-3-2-4-10-15/h2-4,9-10,13-14,16H,5-8,11-12H2,1H3. The van der Waals surface area contributed by atoms with Gasteiger partial charge in [-0.25, -0.2) is 0 Å². The van der Waals surface area contributed by atoms with E-state index in [1.54, 1.807) is 0 Å². The Morgan fingerprint density at radius 1 is 1.24 bits per heavy atom. The monoisotopic (exact) mass is 249 g/mol. The van der Waals surface area contributed by atoms with Gasteiger partial charge in [-0.15, -0.1) is 11.8 Å². The topological polar surface area (TPSA) is 12.0 Å². The Kier molecular flexibility index (Phi) is 5.40. The van der Waals surface area contributed by atoms with E-state index < -0.39 is 0 Å². The molecule has 0 saturated heterocycles. The van der Waals surface area contributed by atoms with Gasteiger partial charge in [-0.3, -0.25) is 0 Å². The van der Waals surface area contributed by atoms with E-state index in [2.05, 4.69) is 42.6 Å². The van der Waals surface area contributed by atoms with Crippen LogP contribution in [0.2, 0.25) is 0 Å². The van der Waals surface area contributed by atoms with E-state index in [1.165, 1.54) is 36.3 Å². The average Bonchev–Trinajstić information content (AvgIpc) is 2.89. The first-order chi connectivity index (χ1) is 8.36. The lowest BCUT2D eigenvalue weighted by Gasteiger charge is -2.20. The van der Waals surface area contributed by atoms with Crippen molar-refractivity contribution >= 4 is 11.8 Å². The average molecular weight is 249 g/mol. The summed E-state index contributed by atoms with van der Waals surface area (Å²) in [6.07, 6.45) is 5.74. The Labute approximate surface area is 109 Å². The largest absolute Gasteiger partial charge is 0.313 e. The van der Waals surface area contributed by atoms with Gasteiger partial charge in [0.2, 0.25) is 0 Å². The molecule has 1 atom stereocenters. The molecule has 1 fully saturated rings. The highest BCUT2D eigenvalue weighted by Gasteiger charge is 2.20.